The number of alkyl halides is 3. The Labute approximate surface area is 175 Å². The van der Waals surface area contributed by atoms with Crippen LogP contribution in [0.1, 0.15) is 30.0 Å². The third-order valence-corrected chi connectivity index (χ3v) is 5.77. The second kappa shape index (κ2) is 9.51. The van der Waals surface area contributed by atoms with Crippen LogP contribution in [0.15, 0.2) is 53.4 Å². The molecule has 0 spiro atoms. The smallest absolute Gasteiger partial charge is 0.347 e. The molecule has 2 aromatic rings. The average molecular weight is 440 g/mol. The summed E-state index contributed by atoms with van der Waals surface area (Å²) in [5, 5.41) is 2.71. The number of nitrogens with one attached hydrogen (secondary N) is 1. The van der Waals surface area contributed by atoms with Crippen LogP contribution in [0.2, 0.25) is 0 Å². The van der Waals surface area contributed by atoms with E-state index in [0.717, 1.165) is 23.9 Å². The monoisotopic (exact) mass is 440 g/mol. The zero-order valence-electron chi connectivity index (χ0n) is 15.9. The number of rotatable bonds is 7. The van der Waals surface area contributed by atoms with Crippen molar-refractivity contribution in [3.05, 3.63) is 65.5 Å². The quantitative estimate of drug-likeness (QED) is 0.512. The molecule has 0 aliphatic carbocycles. The largest absolute Gasteiger partial charge is 0.416 e. The zero-order valence-corrected chi connectivity index (χ0v) is 16.7. The number of hydrogen-bond acceptors (Lipinski definition) is 3. The SMILES string of the molecule is O=C(CSc1ccccc1F)NC(CN1CCCC1=O)c1cccc(C(F)(F)F)c1. The number of likely N-dealkylation sites (tertiary alicyclic amines) is 1. The van der Waals surface area contributed by atoms with Crippen LogP contribution >= 0.6 is 11.8 Å². The summed E-state index contributed by atoms with van der Waals surface area (Å²) in [7, 11) is 0. The lowest BCUT2D eigenvalue weighted by atomic mass is 10.0. The highest BCUT2D eigenvalue weighted by molar-refractivity contribution is 8.00. The Morgan fingerprint density at radius 3 is 2.60 bits per heavy atom. The van der Waals surface area contributed by atoms with Gasteiger partial charge in [-0.05, 0) is 36.2 Å². The lowest BCUT2D eigenvalue weighted by molar-refractivity contribution is -0.137. The maximum Gasteiger partial charge on any atom is 0.416 e. The van der Waals surface area contributed by atoms with Crippen LogP contribution in [-0.2, 0) is 15.8 Å². The molecule has 1 fully saturated rings. The predicted octanol–water partition coefficient (Wildman–Crippen LogP) is 4.42. The van der Waals surface area contributed by atoms with Crippen molar-refractivity contribution in [3.63, 3.8) is 0 Å². The fraction of sp³-hybridized carbons (Fsp3) is 0.333. The van der Waals surface area contributed by atoms with Gasteiger partial charge < -0.3 is 10.2 Å². The minimum atomic E-state index is -4.52. The molecule has 0 bridgehead atoms. The number of benzene rings is 2. The molecular weight excluding hydrogens is 420 g/mol. The molecule has 1 heterocycles. The van der Waals surface area contributed by atoms with Crippen LogP contribution in [-0.4, -0.2) is 35.6 Å². The Morgan fingerprint density at radius 1 is 1.17 bits per heavy atom. The van der Waals surface area contributed by atoms with Crippen LogP contribution < -0.4 is 5.32 Å². The highest BCUT2D eigenvalue weighted by Crippen LogP contribution is 2.31. The summed E-state index contributed by atoms with van der Waals surface area (Å²) in [4.78, 5) is 26.3. The Kier molecular flexibility index (Phi) is 7.02. The van der Waals surface area contributed by atoms with E-state index in [2.05, 4.69) is 5.32 Å². The molecule has 1 aliphatic rings. The molecule has 0 aromatic heterocycles. The van der Waals surface area contributed by atoms with Crippen LogP contribution in [0.25, 0.3) is 0 Å². The minimum absolute atomic E-state index is 0.0796. The Morgan fingerprint density at radius 2 is 1.93 bits per heavy atom. The van der Waals surface area contributed by atoms with Gasteiger partial charge in [0, 0.05) is 24.4 Å². The molecule has 1 N–H and O–H groups in total. The van der Waals surface area contributed by atoms with Gasteiger partial charge in [-0.15, -0.1) is 11.8 Å². The second-order valence-corrected chi connectivity index (χ2v) is 7.92. The Hall–Kier alpha value is -2.55. The van der Waals surface area contributed by atoms with E-state index >= 15 is 0 Å². The highest BCUT2D eigenvalue weighted by atomic mass is 32.2. The lowest BCUT2D eigenvalue weighted by Gasteiger charge is -2.26. The van der Waals surface area contributed by atoms with E-state index < -0.39 is 29.5 Å². The van der Waals surface area contributed by atoms with E-state index in [4.69, 9.17) is 0 Å². The lowest BCUT2D eigenvalue weighted by Crippen LogP contribution is -2.39. The second-order valence-electron chi connectivity index (χ2n) is 6.91. The molecule has 4 nitrogen and oxygen atoms in total. The van der Waals surface area contributed by atoms with E-state index in [1.165, 1.54) is 29.2 Å². The molecule has 2 amide bonds. The molecule has 0 radical (unpaired) electrons. The van der Waals surface area contributed by atoms with Crippen molar-refractivity contribution in [1.29, 1.82) is 0 Å². The Balaban J connectivity index is 1.75. The number of amides is 2. The van der Waals surface area contributed by atoms with Crippen LogP contribution in [0.5, 0.6) is 0 Å². The van der Waals surface area contributed by atoms with Crippen molar-refractivity contribution in [2.45, 2.75) is 30.0 Å². The molecule has 1 unspecified atom stereocenters. The van der Waals surface area contributed by atoms with Crippen LogP contribution in [0, 0.1) is 5.82 Å². The third-order valence-electron chi connectivity index (χ3n) is 4.72. The number of halogens is 4. The zero-order chi connectivity index (χ0) is 21.7. The summed E-state index contributed by atoms with van der Waals surface area (Å²) in [5.74, 6) is -1.11. The fourth-order valence-corrected chi connectivity index (χ4v) is 3.98. The number of carbonyl (C=O) groups is 2. The molecule has 2 aromatic carbocycles. The van der Waals surface area contributed by atoms with Gasteiger partial charge >= 0.3 is 6.18 Å². The van der Waals surface area contributed by atoms with Crippen LogP contribution in [0.3, 0.4) is 0 Å². The van der Waals surface area contributed by atoms with E-state index in [1.807, 2.05) is 0 Å². The number of nitrogens with zero attached hydrogens (tertiary/aromatic N) is 1. The number of thioether (sulfide) groups is 1. The van der Waals surface area contributed by atoms with Crippen molar-refractivity contribution in [2.75, 3.05) is 18.8 Å². The first-order valence-electron chi connectivity index (χ1n) is 9.35. The molecular formula is C21H20F4N2O2S. The van der Waals surface area contributed by atoms with Crippen molar-refractivity contribution in [1.82, 2.24) is 10.2 Å². The van der Waals surface area contributed by atoms with E-state index in [-0.39, 0.29) is 23.8 Å². The molecule has 9 heteroatoms. The predicted molar refractivity (Wildman–Crippen MR) is 105 cm³/mol. The first-order chi connectivity index (χ1) is 14.2. The van der Waals surface area contributed by atoms with Crippen molar-refractivity contribution in [2.24, 2.45) is 0 Å². The molecule has 1 atom stereocenters. The highest BCUT2D eigenvalue weighted by Gasteiger charge is 2.32. The molecule has 30 heavy (non-hydrogen) atoms. The number of carbonyl (C=O) groups excluding carboxylic acids is 2. The summed E-state index contributed by atoms with van der Waals surface area (Å²) in [6, 6.07) is 9.91. The van der Waals surface area contributed by atoms with Gasteiger partial charge in [0.2, 0.25) is 11.8 Å². The van der Waals surface area contributed by atoms with Gasteiger partial charge in [0.1, 0.15) is 5.82 Å². The maximum absolute atomic E-state index is 13.7. The van der Waals surface area contributed by atoms with Crippen molar-refractivity contribution in [3.8, 4) is 0 Å². The molecule has 3 rings (SSSR count). The summed E-state index contributed by atoms with van der Waals surface area (Å²) in [6.45, 7) is 0.574. The van der Waals surface area contributed by atoms with Gasteiger partial charge in [-0.25, -0.2) is 4.39 Å². The van der Waals surface area contributed by atoms with Gasteiger partial charge in [-0.2, -0.15) is 13.2 Å². The fourth-order valence-electron chi connectivity index (χ4n) is 3.22. The van der Waals surface area contributed by atoms with E-state index in [9.17, 15) is 27.2 Å². The minimum Gasteiger partial charge on any atom is -0.347 e. The van der Waals surface area contributed by atoms with Crippen molar-refractivity contribution < 1.29 is 27.2 Å². The first kappa shape index (κ1) is 22.1. The van der Waals surface area contributed by atoms with Gasteiger partial charge in [-0.1, -0.05) is 24.3 Å². The molecule has 1 aliphatic heterocycles. The van der Waals surface area contributed by atoms with Crippen molar-refractivity contribution >= 4 is 23.6 Å². The first-order valence-corrected chi connectivity index (χ1v) is 10.3. The summed E-state index contributed by atoms with van der Waals surface area (Å²) in [6.07, 6.45) is -3.47. The van der Waals surface area contributed by atoms with Gasteiger partial charge in [0.15, 0.2) is 0 Å². The van der Waals surface area contributed by atoms with E-state index in [1.54, 1.807) is 12.1 Å². The normalized spacial score (nSPS) is 15.3. The third kappa shape index (κ3) is 5.75. The maximum atomic E-state index is 13.7. The number of hydrogen-bond donors (Lipinski definition) is 1. The van der Waals surface area contributed by atoms with E-state index in [0.29, 0.717) is 24.3 Å². The van der Waals surface area contributed by atoms with Gasteiger partial charge in [0.05, 0.1) is 17.4 Å². The topological polar surface area (TPSA) is 49.4 Å². The van der Waals surface area contributed by atoms with Gasteiger partial charge in [0.25, 0.3) is 0 Å². The summed E-state index contributed by atoms with van der Waals surface area (Å²) >= 11 is 0.995. The molecule has 1 saturated heterocycles. The summed E-state index contributed by atoms with van der Waals surface area (Å²) in [5.41, 5.74) is -0.568. The van der Waals surface area contributed by atoms with Gasteiger partial charge in [-0.3, -0.25) is 9.59 Å². The van der Waals surface area contributed by atoms with Crippen LogP contribution in [0.4, 0.5) is 17.6 Å². The molecule has 0 saturated carbocycles. The Bertz CT molecular complexity index is 920. The molecule has 160 valence electrons. The average Bonchev–Trinajstić information content (AvgIpc) is 3.11. The summed E-state index contributed by atoms with van der Waals surface area (Å²) < 4.78 is 53.1. The standard InChI is InChI=1S/C21H20F4N2O2S/c22-16-7-1-2-8-18(16)30-13-19(28)26-17(12-27-10-4-9-20(27)29)14-5-3-6-15(11-14)21(23,24)25/h1-3,5-8,11,17H,4,9-10,12-13H2,(H,26,28).